The molecular weight excluding hydrogens is 302 g/mol. The fourth-order valence-corrected chi connectivity index (χ4v) is 2.88. The van der Waals surface area contributed by atoms with Gasteiger partial charge in [0.15, 0.2) is 0 Å². The van der Waals surface area contributed by atoms with Crippen molar-refractivity contribution in [1.82, 2.24) is 5.32 Å². The first kappa shape index (κ1) is 16.2. The molecule has 3 rings (SSSR count). The number of carbonyl (C=O) groups is 1. The molecule has 2 fully saturated rings. The quantitative estimate of drug-likeness (QED) is 0.875. The van der Waals surface area contributed by atoms with E-state index in [4.69, 9.17) is 4.74 Å². The lowest BCUT2D eigenvalue weighted by atomic mass is 9.87. The van der Waals surface area contributed by atoms with Crippen LogP contribution in [0.2, 0.25) is 0 Å². The minimum absolute atomic E-state index is 0.146. The summed E-state index contributed by atoms with van der Waals surface area (Å²) >= 11 is 0. The van der Waals surface area contributed by atoms with Gasteiger partial charge in [-0.05, 0) is 49.4 Å². The molecule has 6 heteroatoms. The van der Waals surface area contributed by atoms with E-state index in [9.17, 15) is 13.6 Å². The highest BCUT2D eigenvalue weighted by Crippen LogP contribution is 2.37. The van der Waals surface area contributed by atoms with E-state index < -0.39 is 17.9 Å². The van der Waals surface area contributed by atoms with Crippen LogP contribution in [0.15, 0.2) is 24.3 Å². The number of amides is 1. The monoisotopic (exact) mass is 324 g/mol. The van der Waals surface area contributed by atoms with Crippen molar-refractivity contribution < 1.29 is 18.3 Å². The molecule has 2 N–H and O–H groups in total. The molecule has 126 valence electrons. The van der Waals surface area contributed by atoms with Crippen molar-refractivity contribution in [2.45, 2.75) is 37.6 Å². The lowest BCUT2D eigenvalue weighted by Crippen LogP contribution is -2.55. The number of nitrogens with one attached hydrogen (secondary N) is 2. The molecule has 1 heterocycles. The largest absolute Gasteiger partial charge is 0.385 e. The highest BCUT2D eigenvalue weighted by Gasteiger charge is 2.49. The summed E-state index contributed by atoms with van der Waals surface area (Å²) in [5.41, 5.74) is 1.34. The third kappa shape index (κ3) is 3.99. The Labute approximate surface area is 134 Å². The number of rotatable bonds is 5. The van der Waals surface area contributed by atoms with Crippen LogP contribution in [0.1, 0.15) is 36.0 Å². The number of carbonyl (C=O) groups excluding carboxylic acids is 1. The van der Waals surface area contributed by atoms with Crippen molar-refractivity contribution in [1.29, 1.82) is 0 Å². The van der Waals surface area contributed by atoms with Crippen molar-refractivity contribution in [2.24, 2.45) is 5.92 Å². The molecule has 1 aliphatic carbocycles. The Balaban J connectivity index is 1.49. The molecule has 1 atom stereocenters. The molecule has 1 unspecified atom stereocenters. The summed E-state index contributed by atoms with van der Waals surface area (Å²) in [6, 6.07) is 5.93. The molecule has 1 aromatic carbocycles. The van der Waals surface area contributed by atoms with Gasteiger partial charge in [0.05, 0.1) is 6.04 Å². The predicted molar refractivity (Wildman–Crippen MR) is 83.9 cm³/mol. The number of alkyl halides is 2. The highest BCUT2D eigenvalue weighted by molar-refractivity contribution is 5.94. The van der Waals surface area contributed by atoms with Gasteiger partial charge < -0.3 is 15.4 Å². The first-order chi connectivity index (χ1) is 11.0. The third-order valence-corrected chi connectivity index (χ3v) is 4.66. The van der Waals surface area contributed by atoms with Gasteiger partial charge in [-0.1, -0.05) is 0 Å². The number of hydrogen-bond acceptors (Lipinski definition) is 3. The lowest BCUT2D eigenvalue weighted by Gasteiger charge is -2.36. The Kier molecular flexibility index (Phi) is 4.80. The molecule has 1 saturated carbocycles. The first-order valence-electron chi connectivity index (χ1n) is 8.15. The van der Waals surface area contributed by atoms with Crippen LogP contribution in [0, 0.1) is 5.92 Å². The minimum Gasteiger partial charge on any atom is -0.385 e. The summed E-state index contributed by atoms with van der Waals surface area (Å²) < 4.78 is 31.7. The van der Waals surface area contributed by atoms with Crippen LogP contribution >= 0.6 is 0 Å². The molecule has 0 radical (unpaired) electrons. The zero-order valence-corrected chi connectivity index (χ0v) is 13.0. The predicted octanol–water partition coefficient (Wildman–Crippen LogP) is 3.05. The summed E-state index contributed by atoms with van der Waals surface area (Å²) in [6.45, 7) is 2.51. The third-order valence-electron chi connectivity index (χ3n) is 4.66. The highest BCUT2D eigenvalue weighted by atomic mass is 19.3. The second-order valence-electron chi connectivity index (χ2n) is 6.34. The van der Waals surface area contributed by atoms with Crippen LogP contribution in [0.3, 0.4) is 0 Å². The van der Waals surface area contributed by atoms with E-state index in [0.717, 1.165) is 38.3 Å². The summed E-state index contributed by atoms with van der Waals surface area (Å²) in [7, 11) is 0. The topological polar surface area (TPSA) is 50.4 Å². The van der Waals surface area contributed by atoms with Gasteiger partial charge in [0.1, 0.15) is 0 Å². The van der Waals surface area contributed by atoms with Crippen LogP contribution < -0.4 is 10.6 Å². The molecule has 2 aliphatic rings. The average Bonchev–Trinajstić information content (AvgIpc) is 2.58. The van der Waals surface area contributed by atoms with Crippen LogP contribution in [0.25, 0.3) is 0 Å². The number of halogens is 2. The van der Waals surface area contributed by atoms with E-state index in [-0.39, 0.29) is 6.42 Å². The van der Waals surface area contributed by atoms with Gasteiger partial charge in [-0.2, -0.15) is 0 Å². The summed E-state index contributed by atoms with van der Waals surface area (Å²) in [6.07, 6.45) is 2.31. The van der Waals surface area contributed by atoms with Crippen LogP contribution in [-0.4, -0.2) is 37.6 Å². The van der Waals surface area contributed by atoms with E-state index >= 15 is 0 Å². The Bertz CT molecular complexity index is 542. The maximum absolute atomic E-state index is 13.2. The number of hydrogen-bond donors (Lipinski definition) is 2. The molecule has 0 spiro atoms. The lowest BCUT2D eigenvalue weighted by molar-refractivity contribution is -0.102. The van der Waals surface area contributed by atoms with Gasteiger partial charge in [0.2, 0.25) is 0 Å². The Hall–Kier alpha value is -1.69. The Morgan fingerprint density at radius 1 is 1.17 bits per heavy atom. The summed E-state index contributed by atoms with van der Waals surface area (Å²) in [5.74, 6) is -2.60. The van der Waals surface area contributed by atoms with E-state index in [0.29, 0.717) is 17.9 Å². The molecule has 1 amide bonds. The standard InChI is InChI=1S/C17H22F2N2O2/c18-17(19)8-5-15(17)21-16(22)13-1-3-14(4-2-13)20-11-12-6-9-23-10-7-12/h1-4,12,15,20H,5-11H2,(H,21,22). The second-order valence-corrected chi connectivity index (χ2v) is 6.34. The van der Waals surface area contributed by atoms with Crippen molar-refractivity contribution in [3.05, 3.63) is 29.8 Å². The molecule has 4 nitrogen and oxygen atoms in total. The molecule has 1 aromatic rings. The average molecular weight is 324 g/mol. The van der Waals surface area contributed by atoms with E-state index in [1.807, 2.05) is 12.1 Å². The molecule has 1 saturated heterocycles. The first-order valence-corrected chi connectivity index (χ1v) is 8.15. The van der Waals surface area contributed by atoms with Crippen LogP contribution in [0.4, 0.5) is 14.5 Å². The summed E-state index contributed by atoms with van der Waals surface area (Å²) in [5, 5.41) is 5.75. The molecule has 0 aromatic heterocycles. The fourth-order valence-electron chi connectivity index (χ4n) is 2.88. The normalized spacial score (nSPS) is 23.8. The van der Waals surface area contributed by atoms with Gasteiger partial charge in [-0.15, -0.1) is 0 Å². The Morgan fingerprint density at radius 2 is 1.87 bits per heavy atom. The number of ether oxygens (including phenoxy) is 1. The summed E-state index contributed by atoms with van der Waals surface area (Å²) in [4.78, 5) is 12.0. The SMILES string of the molecule is O=C(NC1CCC1(F)F)c1ccc(NCC2CCOCC2)cc1. The van der Waals surface area contributed by atoms with Crippen molar-refractivity contribution in [2.75, 3.05) is 25.1 Å². The zero-order valence-electron chi connectivity index (χ0n) is 13.0. The van der Waals surface area contributed by atoms with E-state index in [1.165, 1.54) is 0 Å². The Morgan fingerprint density at radius 3 is 2.43 bits per heavy atom. The van der Waals surface area contributed by atoms with Gasteiger partial charge in [0.25, 0.3) is 11.8 Å². The van der Waals surface area contributed by atoms with Crippen molar-refractivity contribution in [3.63, 3.8) is 0 Å². The molecule has 23 heavy (non-hydrogen) atoms. The van der Waals surface area contributed by atoms with E-state index in [1.54, 1.807) is 12.1 Å². The van der Waals surface area contributed by atoms with Crippen molar-refractivity contribution >= 4 is 11.6 Å². The minimum atomic E-state index is -2.76. The van der Waals surface area contributed by atoms with E-state index in [2.05, 4.69) is 10.6 Å². The van der Waals surface area contributed by atoms with Crippen LogP contribution in [0.5, 0.6) is 0 Å². The van der Waals surface area contributed by atoms with Gasteiger partial charge in [0, 0.05) is 37.4 Å². The zero-order chi connectivity index (χ0) is 16.3. The maximum atomic E-state index is 13.2. The van der Waals surface area contributed by atoms with Gasteiger partial charge in [-0.3, -0.25) is 4.79 Å². The number of anilines is 1. The maximum Gasteiger partial charge on any atom is 0.267 e. The molecule has 0 bridgehead atoms. The fraction of sp³-hybridized carbons (Fsp3) is 0.588. The molecule has 1 aliphatic heterocycles. The van der Waals surface area contributed by atoms with Gasteiger partial charge in [-0.25, -0.2) is 8.78 Å². The second kappa shape index (κ2) is 6.83. The van der Waals surface area contributed by atoms with Crippen LogP contribution in [-0.2, 0) is 4.74 Å². The van der Waals surface area contributed by atoms with Crippen molar-refractivity contribution in [3.8, 4) is 0 Å². The molecular formula is C17H22F2N2O2. The van der Waals surface area contributed by atoms with Gasteiger partial charge >= 0.3 is 0 Å². The smallest absolute Gasteiger partial charge is 0.267 e. The number of benzene rings is 1.